The molecule has 1 saturated heterocycles. The molecular weight excluding hydrogens is 274 g/mol. The molecule has 17 heavy (non-hydrogen) atoms. The minimum Gasteiger partial charge on any atom is -0.372 e. The molecule has 1 nitrogen and oxygen atoms in total. The maximum atomic E-state index is 3.44. The van der Waals surface area contributed by atoms with Crippen molar-refractivity contribution in [2.75, 3.05) is 23.3 Å². The number of nitrogens with zero attached hydrogens (tertiary/aromatic N) is 1. The minimum atomic E-state index is 1.04. The molecule has 0 bridgehead atoms. The number of hydrogen-bond acceptors (Lipinski definition) is 1. The molecule has 1 aliphatic rings. The summed E-state index contributed by atoms with van der Waals surface area (Å²) in [4.78, 5) is 2.51. The molecule has 1 fully saturated rings. The average molecular weight is 294 g/mol. The molecule has 2 rings (SSSR count). The smallest absolute Gasteiger partial charge is 0.0372 e. The second-order valence-corrected chi connectivity index (χ2v) is 5.32. The van der Waals surface area contributed by atoms with E-state index >= 15 is 0 Å². The first-order valence-electron chi connectivity index (χ1n) is 6.47. The Morgan fingerprint density at radius 3 is 2.76 bits per heavy atom. The van der Waals surface area contributed by atoms with Crippen LogP contribution >= 0.6 is 15.9 Å². The highest BCUT2D eigenvalue weighted by Crippen LogP contribution is 2.21. The van der Waals surface area contributed by atoms with Gasteiger partial charge in [0.15, 0.2) is 0 Å². The number of rotatable bonds is 4. The quantitative estimate of drug-likeness (QED) is 0.740. The third kappa shape index (κ3) is 3.88. The summed E-state index contributed by atoms with van der Waals surface area (Å²) in [7, 11) is 0. The van der Waals surface area contributed by atoms with Gasteiger partial charge in [-0.25, -0.2) is 0 Å². The first-order chi connectivity index (χ1) is 8.40. The van der Waals surface area contributed by atoms with Crippen molar-refractivity contribution in [3.63, 3.8) is 0 Å². The lowest BCUT2D eigenvalue weighted by Gasteiger charge is -2.29. The molecule has 0 atom stereocenters. The van der Waals surface area contributed by atoms with Gasteiger partial charge in [-0.05, 0) is 43.4 Å². The summed E-state index contributed by atoms with van der Waals surface area (Å²) in [5.41, 5.74) is 2.69. The van der Waals surface area contributed by atoms with E-state index in [-0.39, 0.29) is 0 Å². The van der Waals surface area contributed by atoms with E-state index in [0.29, 0.717) is 0 Å². The molecule has 0 spiro atoms. The highest BCUT2D eigenvalue weighted by Gasteiger charge is 2.10. The minimum absolute atomic E-state index is 1.04. The van der Waals surface area contributed by atoms with Gasteiger partial charge in [-0.2, -0.15) is 0 Å². The first kappa shape index (κ1) is 12.7. The van der Waals surface area contributed by atoms with Crippen LogP contribution in [0.15, 0.2) is 30.3 Å². The van der Waals surface area contributed by atoms with Gasteiger partial charge in [0.25, 0.3) is 0 Å². The van der Waals surface area contributed by atoms with E-state index in [1.807, 2.05) is 0 Å². The Kier molecular flexibility index (Phi) is 5.11. The summed E-state index contributed by atoms with van der Waals surface area (Å²) >= 11 is 3.44. The first-order valence-corrected chi connectivity index (χ1v) is 7.60. The summed E-state index contributed by atoms with van der Waals surface area (Å²) in [6.45, 7) is 2.43. The summed E-state index contributed by atoms with van der Waals surface area (Å²) in [5, 5.41) is 1.04. The zero-order chi connectivity index (χ0) is 11.9. The number of halogens is 1. The van der Waals surface area contributed by atoms with Crippen LogP contribution in [0, 0.1) is 0 Å². The highest BCUT2D eigenvalue weighted by molar-refractivity contribution is 9.09. The number of piperidine rings is 1. The van der Waals surface area contributed by atoms with E-state index in [1.165, 1.54) is 43.6 Å². The fourth-order valence-corrected chi connectivity index (χ4v) is 2.52. The van der Waals surface area contributed by atoms with Gasteiger partial charge in [0, 0.05) is 24.1 Å². The summed E-state index contributed by atoms with van der Waals surface area (Å²) < 4.78 is 0. The van der Waals surface area contributed by atoms with Crippen molar-refractivity contribution in [1.29, 1.82) is 0 Å². The SMILES string of the molecule is BrCCC=Cc1cccc(N2CCCCC2)c1. The van der Waals surface area contributed by atoms with Gasteiger partial charge >= 0.3 is 0 Å². The Morgan fingerprint density at radius 2 is 2.00 bits per heavy atom. The van der Waals surface area contributed by atoms with E-state index in [9.17, 15) is 0 Å². The molecule has 0 aromatic heterocycles. The highest BCUT2D eigenvalue weighted by atomic mass is 79.9. The van der Waals surface area contributed by atoms with Gasteiger partial charge in [-0.15, -0.1) is 0 Å². The number of alkyl halides is 1. The fourth-order valence-electron chi connectivity index (χ4n) is 2.26. The Balaban J connectivity index is 2.05. The lowest BCUT2D eigenvalue weighted by molar-refractivity contribution is 0.578. The fraction of sp³-hybridized carbons (Fsp3) is 0.467. The molecule has 1 aromatic rings. The van der Waals surface area contributed by atoms with Crippen molar-refractivity contribution in [2.24, 2.45) is 0 Å². The average Bonchev–Trinajstić information content (AvgIpc) is 2.41. The molecular formula is C15H20BrN. The van der Waals surface area contributed by atoms with Crippen molar-refractivity contribution in [3.8, 4) is 0 Å². The largest absolute Gasteiger partial charge is 0.372 e. The molecule has 92 valence electrons. The van der Waals surface area contributed by atoms with E-state index in [2.05, 4.69) is 57.2 Å². The monoisotopic (exact) mass is 293 g/mol. The zero-order valence-corrected chi connectivity index (χ0v) is 11.8. The predicted molar refractivity (Wildman–Crippen MR) is 80.0 cm³/mol. The molecule has 0 aliphatic carbocycles. The molecule has 1 heterocycles. The molecule has 1 aliphatic heterocycles. The van der Waals surface area contributed by atoms with Crippen molar-refractivity contribution in [3.05, 3.63) is 35.9 Å². The van der Waals surface area contributed by atoms with Gasteiger partial charge in [0.2, 0.25) is 0 Å². The molecule has 0 radical (unpaired) electrons. The molecule has 2 heteroatoms. The Bertz CT molecular complexity index is 367. The van der Waals surface area contributed by atoms with Crippen LogP contribution in [0.25, 0.3) is 6.08 Å². The van der Waals surface area contributed by atoms with E-state index < -0.39 is 0 Å². The van der Waals surface area contributed by atoms with Gasteiger partial charge in [0.1, 0.15) is 0 Å². The normalized spacial score (nSPS) is 16.6. The topological polar surface area (TPSA) is 3.24 Å². The lowest BCUT2D eigenvalue weighted by Crippen LogP contribution is -2.29. The van der Waals surface area contributed by atoms with E-state index in [4.69, 9.17) is 0 Å². The van der Waals surface area contributed by atoms with E-state index in [1.54, 1.807) is 0 Å². The molecule has 0 unspecified atom stereocenters. The maximum absolute atomic E-state index is 3.44. The van der Waals surface area contributed by atoms with Gasteiger partial charge < -0.3 is 4.90 Å². The molecule has 0 saturated carbocycles. The second kappa shape index (κ2) is 6.85. The standard InChI is InChI=1S/C15H20BrN/c16-10-3-2-7-14-8-6-9-15(13-14)17-11-4-1-5-12-17/h2,6-9,13H,1,3-5,10-12H2. The van der Waals surface area contributed by atoms with Crippen LogP contribution in [0.1, 0.15) is 31.2 Å². The lowest BCUT2D eigenvalue weighted by atomic mass is 10.1. The second-order valence-electron chi connectivity index (χ2n) is 4.52. The van der Waals surface area contributed by atoms with Crippen LogP contribution in [-0.4, -0.2) is 18.4 Å². The number of hydrogen-bond donors (Lipinski definition) is 0. The van der Waals surface area contributed by atoms with Crippen LogP contribution in [0.3, 0.4) is 0 Å². The van der Waals surface area contributed by atoms with Gasteiger partial charge in [-0.1, -0.05) is 40.2 Å². The van der Waals surface area contributed by atoms with Crippen LogP contribution in [-0.2, 0) is 0 Å². The van der Waals surface area contributed by atoms with Crippen LogP contribution in [0.5, 0.6) is 0 Å². The molecule has 1 aromatic carbocycles. The Morgan fingerprint density at radius 1 is 1.18 bits per heavy atom. The third-order valence-electron chi connectivity index (χ3n) is 3.18. The summed E-state index contributed by atoms with van der Waals surface area (Å²) in [6.07, 6.45) is 9.60. The molecule has 0 N–H and O–H groups in total. The van der Waals surface area contributed by atoms with E-state index in [0.717, 1.165) is 11.8 Å². The summed E-state index contributed by atoms with van der Waals surface area (Å²) in [6, 6.07) is 8.87. The Hall–Kier alpha value is -0.760. The summed E-state index contributed by atoms with van der Waals surface area (Å²) in [5.74, 6) is 0. The van der Waals surface area contributed by atoms with Crippen molar-refractivity contribution in [2.45, 2.75) is 25.7 Å². The zero-order valence-electron chi connectivity index (χ0n) is 10.2. The van der Waals surface area contributed by atoms with Crippen molar-refractivity contribution >= 4 is 27.7 Å². The Labute approximate surface area is 113 Å². The third-order valence-corrected chi connectivity index (χ3v) is 3.64. The number of allylic oxidation sites excluding steroid dienone is 1. The van der Waals surface area contributed by atoms with Crippen LogP contribution < -0.4 is 4.90 Å². The maximum Gasteiger partial charge on any atom is 0.0372 e. The number of anilines is 1. The predicted octanol–water partition coefficient (Wildman–Crippen LogP) is 4.48. The number of benzene rings is 1. The van der Waals surface area contributed by atoms with Crippen LogP contribution in [0.4, 0.5) is 5.69 Å². The van der Waals surface area contributed by atoms with Gasteiger partial charge in [0.05, 0.1) is 0 Å². The van der Waals surface area contributed by atoms with Crippen molar-refractivity contribution in [1.82, 2.24) is 0 Å². The van der Waals surface area contributed by atoms with Gasteiger partial charge in [-0.3, -0.25) is 0 Å². The molecule has 0 amide bonds. The van der Waals surface area contributed by atoms with Crippen LogP contribution in [0.2, 0.25) is 0 Å². The van der Waals surface area contributed by atoms with Crippen molar-refractivity contribution < 1.29 is 0 Å².